The standard InChI is InChI=1S/C12H13BrF3N3O2/c1-19(5-4-10(17)18-21)11(20)8-3-2-7(13)6-9(8)12(14,15)16/h2-3,6,21H,4-5H2,1H3,(H2,17,18). The van der Waals surface area contributed by atoms with Gasteiger partial charge < -0.3 is 15.8 Å². The predicted octanol–water partition coefficient (Wildman–Crippen LogP) is 2.68. The first-order chi connectivity index (χ1) is 9.66. The maximum atomic E-state index is 13.0. The maximum Gasteiger partial charge on any atom is 0.417 e. The van der Waals surface area contributed by atoms with Crippen molar-refractivity contribution in [2.24, 2.45) is 10.9 Å². The molecule has 0 aliphatic heterocycles. The van der Waals surface area contributed by atoms with Gasteiger partial charge in [0, 0.05) is 24.5 Å². The molecule has 1 aromatic carbocycles. The molecule has 0 heterocycles. The van der Waals surface area contributed by atoms with Crippen LogP contribution in [0.1, 0.15) is 22.3 Å². The quantitative estimate of drug-likeness (QED) is 0.371. The number of rotatable bonds is 4. The molecule has 1 amide bonds. The Morgan fingerprint density at radius 1 is 1.48 bits per heavy atom. The highest BCUT2D eigenvalue weighted by Crippen LogP contribution is 2.34. The van der Waals surface area contributed by atoms with Gasteiger partial charge in [-0.05, 0) is 18.2 Å². The lowest BCUT2D eigenvalue weighted by Gasteiger charge is -2.20. The SMILES string of the molecule is CN(CC/C(N)=N/O)C(=O)c1ccc(Br)cc1C(F)(F)F. The number of nitrogens with two attached hydrogens (primary N) is 1. The fourth-order valence-electron chi connectivity index (χ4n) is 1.58. The Kier molecular flexibility index (Phi) is 5.59. The molecule has 0 aliphatic rings. The van der Waals surface area contributed by atoms with Crippen molar-refractivity contribution in [1.82, 2.24) is 4.90 Å². The summed E-state index contributed by atoms with van der Waals surface area (Å²) in [4.78, 5) is 13.2. The Balaban J connectivity index is 3.02. The van der Waals surface area contributed by atoms with Crippen LogP contribution in [0.5, 0.6) is 0 Å². The summed E-state index contributed by atoms with van der Waals surface area (Å²) in [6, 6.07) is 3.32. The van der Waals surface area contributed by atoms with E-state index in [-0.39, 0.29) is 23.3 Å². The summed E-state index contributed by atoms with van der Waals surface area (Å²) >= 11 is 2.95. The molecule has 5 nitrogen and oxygen atoms in total. The van der Waals surface area contributed by atoms with E-state index in [1.54, 1.807) is 0 Å². The maximum absolute atomic E-state index is 13.0. The minimum Gasteiger partial charge on any atom is -0.409 e. The molecule has 3 N–H and O–H groups in total. The molecule has 0 aromatic heterocycles. The molecule has 0 saturated heterocycles. The number of hydrogen-bond donors (Lipinski definition) is 2. The number of hydrogen-bond acceptors (Lipinski definition) is 3. The average Bonchev–Trinajstić information content (AvgIpc) is 2.42. The van der Waals surface area contributed by atoms with Gasteiger partial charge in [-0.2, -0.15) is 13.2 Å². The molecule has 0 atom stereocenters. The van der Waals surface area contributed by atoms with Crippen LogP contribution in [-0.2, 0) is 6.18 Å². The van der Waals surface area contributed by atoms with E-state index in [0.717, 1.165) is 17.0 Å². The lowest BCUT2D eigenvalue weighted by Crippen LogP contribution is -2.32. The normalized spacial score (nSPS) is 12.3. The smallest absolute Gasteiger partial charge is 0.409 e. The number of nitrogens with zero attached hydrogens (tertiary/aromatic N) is 2. The van der Waals surface area contributed by atoms with Crippen LogP contribution in [0.15, 0.2) is 27.8 Å². The zero-order valence-corrected chi connectivity index (χ0v) is 12.6. The van der Waals surface area contributed by atoms with Crippen LogP contribution >= 0.6 is 15.9 Å². The number of alkyl halides is 3. The van der Waals surface area contributed by atoms with Gasteiger partial charge in [0.2, 0.25) is 0 Å². The highest BCUT2D eigenvalue weighted by molar-refractivity contribution is 9.10. The number of halogens is 4. The summed E-state index contributed by atoms with van der Waals surface area (Å²) in [5, 5.41) is 11.1. The second-order valence-corrected chi connectivity index (χ2v) is 5.17. The Labute approximate surface area is 127 Å². The van der Waals surface area contributed by atoms with Gasteiger partial charge in [0.1, 0.15) is 5.84 Å². The molecule has 0 fully saturated rings. The van der Waals surface area contributed by atoms with E-state index in [9.17, 15) is 18.0 Å². The highest BCUT2D eigenvalue weighted by Gasteiger charge is 2.36. The van der Waals surface area contributed by atoms with Gasteiger partial charge >= 0.3 is 6.18 Å². The molecular weight excluding hydrogens is 355 g/mol. The Hall–Kier alpha value is -1.77. The van der Waals surface area contributed by atoms with E-state index >= 15 is 0 Å². The molecule has 0 radical (unpaired) electrons. The van der Waals surface area contributed by atoms with Gasteiger partial charge in [0.25, 0.3) is 5.91 Å². The van der Waals surface area contributed by atoms with Crippen LogP contribution in [0.2, 0.25) is 0 Å². The molecular formula is C12H13BrF3N3O2. The van der Waals surface area contributed by atoms with E-state index in [4.69, 9.17) is 10.9 Å². The van der Waals surface area contributed by atoms with Crippen molar-refractivity contribution in [2.75, 3.05) is 13.6 Å². The highest BCUT2D eigenvalue weighted by atomic mass is 79.9. The molecule has 1 rings (SSSR count). The topological polar surface area (TPSA) is 78.9 Å². The molecule has 21 heavy (non-hydrogen) atoms. The summed E-state index contributed by atoms with van der Waals surface area (Å²) in [5.41, 5.74) is 3.79. The Morgan fingerprint density at radius 2 is 2.10 bits per heavy atom. The van der Waals surface area contributed by atoms with Crippen molar-refractivity contribution < 1.29 is 23.2 Å². The third-order valence-corrected chi connectivity index (χ3v) is 3.19. The molecule has 0 spiro atoms. The predicted molar refractivity (Wildman–Crippen MR) is 74.1 cm³/mol. The number of carbonyl (C=O) groups is 1. The lowest BCUT2D eigenvalue weighted by molar-refractivity contribution is -0.138. The Bertz CT molecular complexity index is 561. The van der Waals surface area contributed by atoms with Crippen LogP contribution in [0.3, 0.4) is 0 Å². The second kappa shape index (κ2) is 6.79. The molecule has 0 saturated carbocycles. The Morgan fingerprint density at radius 3 is 2.62 bits per heavy atom. The van der Waals surface area contributed by atoms with Crippen molar-refractivity contribution in [3.63, 3.8) is 0 Å². The average molecular weight is 368 g/mol. The number of carbonyl (C=O) groups excluding carboxylic acids is 1. The van der Waals surface area contributed by atoms with E-state index < -0.39 is 23.2 Å². The molecule has 0 bridgehead atoms. The first-order valence-corrected chi connectivity index (χ1v) is 6.54. The molecule has 116 valence electrons. The van der Waals surface area contributed by atoms with Crippen LogP contribution < -0.4 is 5.73 Å². The van der Waals surface area contributed by atoms with Gasteiger partial charge in [-0.1, -0.05) is 21.1 Å². The van der Waals surface area contributed by atoms with Crippen LogP contribution in [0.4, 0.5) is 13.2 Å². The van der Waals surface area contributed by atoms with Crippen molar-refractivity contribution in [3.05, 3.63) is 33.8 Å². The molecule has 0 aliphatic carbocycles. The number of amides is 1. The number of oxime groups is 1. The summed E-state index contributed by atoms with van der Waals surface area (Å²) < 4.78 is 39.1. The van der Waals surface area contributed by atoms with Crippen molar-refractivity contribution >= 4 is 27.7 Å². The summed E-state index contributed by atoms with van der Waals surface area (Å²) in [7, 11) is 1.34. The fourth-order valence-corrected chi connectivity index (χ4v) is 1.94. The number of amidine groups is 1. The third kappa shape index (κ3) is 4.62. The van der Waals surface area contributed by atoms with Crippen molar-refractivity contribution in [1.29, 1.82) is 0 Å². The van der Waals surface area contributed by atoms with Gasteiger partial charge in [-0.15, -0.1) is 0 Å². The zero-order chi connectivity index (χ0) is 16.2. The summed E-state index contributed by atoms with van der Waals surface area (Å²) in [5.74, 6) is -0.901. The molecule has 1 aromatic rings. The van der Waals surface area contributed by atoms with Gasteiger partial charge in [0.05, 0.1) is 11.1 Å². The van der Waals surface area contributed by atoms with Crippen molar-refractivity contribution in [2.45, 2.75) is 12.6 Å². The number of benzene rings is 1. The van der Waals surface area contributed by atoms with Crippen LogP contribution in [0, 0.1) is 0 Å². The fraction of sp³-hybridized carbons (Fsp3) is 0.333. The van der Waals surface area contributed by atoms with Crippen LogP contribution in [-0.4, -0.2) is 35.4 Å². The lowest BCUT2D eigenvalue weighted by atomic mass is 10.1. The molecule has 0 unspecified atom stereocenters. The van der Waals surface area contributed by atoms with Gasteiger partial charge in [-0.25, -0.2) is 0 Å². The summed E-state index contributed by atoms with van der Waals surface area (Å²) in [6.45, 7) is 0.0298. The summed E-state index contributed by atoms with van der Waals surface area (Å²) in [6.07, 6.45) is -4.59. The first-order valence-electron chi connectivity index (χ1n) is 5.75. The van der Waals surface area contributed by atoms with Gasteiger partial charge in [-0.3, -0.25) is 4.79 Å². The zero-order valence-electron chi connectivity index (χ0n) is 11.0. The largest absolute Gasteiger partial charge is 0.417 e. The monoisotopic (exact) mass is 367 g/mol. The van der Waals surface area contributed by atoms with Crippen LogP contribution in [0.25, 0.3) is 0 Å². The van der Waals surface area contributed by atoms with E-state index in [1.807, 2.05) is 0 Å². The minimum atomic E-state index is -4.64. The van der Waals surface area contributed by atoms with E-state index in [0.29, 0.717) is 0 Å². The first kappa shape index (κ1) is 17.3. The second-order valence-electron chi connectivity index (χ2n) is 4.26. The third-order valence-electron chi connectivity index (χ3n) is 2.70. The van der Waals surface area contributed by atoms with E-state index in [1.165, 1.54) is 13.1 Å². The molecule has 9 heteroatoms. The van der Waals surface area contributed by atoms with E-state index in [2.05, 4.69) is 21.1 Å². The van der Waals surface area contributed by atoms with Gasteiger partial charge in [0.15, 0.2) is 0 Å². The minimum absolute atomic E-state index is 0.0298. The van der Waals surface area contributed by atoms with Crippen molar-refractivity contribution in [3.8, 4) is 0 Å².